The Balaban J connectivity index is 1.52. The lowest BCUT2D eigenvalue weighted by Crippen LogP contribution is -2.50. The first-order valence-electron chi connectivity index (χ1n) is 12.0. The third-order valence-corrected chi connectivity index (χ3v) is 7.93. The van der Waals surface area contributed by atoms with Gasteiger partial charge in [0.15, 0.2) is 6.29 Å². The molecule has 1 aliphatic heterocycles. The number of amides is 1. The van der Waals surface area contributed by atoms with Gasteiger partial charge in [0.25, 0.3) is 10.0 Å². The summed E-state index contributed by atoms with van der Waals surface area (Å²) in [5, 5.41) is 6.36. The van der Waals surface area contributed by atoms with Gasteiger partial charge in [0, 0.05) is 19.5 Å². The molecule has 9 heteroatoms. The Labute approximate surface area is 212 Å². The van der Waals surface area contributed by atoms with E-state index in [1.165, 1.54) is 4.31 Å². The fourth-order valence-corrected chi connectivity index (χ4v) is 5.68. The number of sulfonamides is 1. The Morgan fingerprint density at radius 1 is 1.06 bits per heavy atom. The van der Waals surface area contributed by atoms with Crippen LogP contribution >= 0.6 is 0 Å². The number of benzene rings is 3. The molecule has 1 heterocycles. The van der Waals surface area contributed by atoms with E-state index in [2.05, 4.69) is 22.5 Å². The number of nitrogens with zero attached hydrogens (tertiary/aromatic N) is 2. The van der Waals surface area contributed by atoms with Crippen LogP contribution < -0.4 is 24.6 Å². The summed E-state index contributed by atoms with van der Waals surface area (Å²) in [5.74, 6) is 0.367. The van der Waals surface area contributed by atoms with Crippen molar-refractivity contribution < 1.29 is 17.9 Å². The lowest BCUT2D eigenvalue weighted by Gasteiger charge is -2.28. The maximum atomic E-state index is 13.6. The minimum atomic E-state index is -3.89. The molecule has 0 radical (unpaired) electrons. The Bertz CT molecular complexity index is 1290. The minimum absolute atomic E-state index is 0.00832. The number of aryl methyl sites for hydroxylation is 1. The van der Waals surface area contributed by atoms with Gasteiger partial charge in [-0.15, -0.1) is 0 Å². The summed E-state index contributed by atoms with van der Waals surface area (Å²) in [6, 6.07) is 21.4. The van der Waals surface area contributed by atoms with Crippen molar-refractivity contribution in [1.82, 2.24) is 5.32 Å². The van der Waals surface area contributed by atoms with Gasteiger partial charge in [0.1, 0.15) is 5.75 Å². The van der Waals surface area contributed by atoms with E-state index < -0.39 is 16.3 Å². The molecule has 190 valence electrons. The molecule has 0 aliphatic carbocycles. The van der Waals surface area contributed by atoms with E-state index in [9.17, 15) is 13.2 Å². The highest BCUT2D eigenvalue weighted by molar-refractivity contribution is 7.92. The molecule has 2 N–H and O–H groups in total. The van der Waals surface area contributed by atoms with Crippen LogP contribution in [0.5, 0.6) is 5.75 Å². The number of rotatable bonds is 10. The third-order valence-electron chi connectivity index (χ3n) is 6.09. The molecule has 36 heavy (non-hydrogen) atoms. The summed E-state index contributed by atoms with van der Waals surface area (Å²) in [7, 11) is -2.34. The second-order valence-corrected chi connectivity index (χ2v) is 10.5. The SMILES string of the molecule is CCCN1c2ccccc2N[C@H]1NC(=O)CCN(c1ccc(OC)cc1)S(=O)(=O)c1ccc(C)cc1. The van der Waals surface area contributed by atoms with Crippen LogP contribution in [0.3, 0.4) is 0 Å². The molecule has 4 rings (SSSR count). The van der Waals surface area contributed by atoms with Gasteiger partial charge < -0.3 is 20.3 Å². The summed E-state index contributed by atoms with van der Waals surface area (Å²) < 4.78 is 33.7. The number of ether oxygens (including phenoxy) is 1. The van der Waals surface area contributed by atoms with E-state index in [1.54, 1.807) is 55.6 Å². The first-order valence-corrected chi connectivity index (χ1v) is 13.4. The maximum Gasteiger partial charge on any atom is 0.264 e. The number of nitrogens with one attached hydrogen (secondary N) is 2. The van der Waals surface area contributed by atoms with E-state index in [0.29, 0.717) is 11.4 Å². The van der Waals surface area contributed by atoms with Crippen LogP contribution in [0.4, 0.5) is 17.1 Å². The van der Waals surface area contributed by atoms with E-state index >= 15 is 0 Å². The number of carbonyl (C=O) groups excluding carboxylic acids is 1. The molecule has 0 saturated carbocycles. The highest BCUT2D eigenvalue weighted by Crippen LogP contribution is 2.33. The van der Waals surface area contributed by atoms with E-state index in [-0.39, 0.29) is 23.8 Å². The van der Waals surface area contributed by atoms with E-state index in [1.807, 2.05) is 31.2 Å². The standard InChI is InChI=1S/C27H32N4O4S/c1-4-18-30-25-8-6-5-7-24(25)28-27(30)29-26(32)17-19-31(21-11-13-22(35-3)14-12-21)36(33,34)23-15-9-20(2)10-16-23/h5-16,27-28H,4,17-19H2,1-3H3,(H,29,32)/t27-/m0/s1. The summed E-state index contributed by atoms with van der Waals surface area (Å²) >= 11 is 0. The number of fused-ring (bicyclic) bond motifs is 1. The molecule has 3 aromatic rings. The van der Waals surface area contributed by atoms with Gasteiger partial charge in [-0.25, -0.2) is 8.42 Å². The summed E-state index contributed by atoms with van der Waals surface area (Å²) in [6.07, 6.45) is 0.520. The molecule has 1 aliphatic rings. The van der Waals surface area contributed by atoms with Gasteiger partial charge in [-0.05, 0) is 61.9 Å². The molecule has 0 fully saturated rings. The largest absolute Gasteiger partial charge is 0.497 e. The quantitative estimate of drug-likeness (QED) is 0.424. The summed E-state index contributed by atoms with van der Waals surface area (Å²) in [6.45, 7) is 4.75. The zero-order chi connectivity index (χ0) is 25.7. The molecular formula is C27H32N4O4S. The predicted molar refractivity (Wildman–Crippen MR) is 143 cm³/mol. The van der Waals surface area contributed by atoms with Crippen molar-refractivity contribution >= 4 is 33.0 Å². The monoisotopic (exact) mass is 508 g/mol. The Hall–Kier alpha value is -3.72. The number of carbonyl (C=O) groups is 1. The number of para-hydroxylation sites is 2. The number of hydrogen-bond donors (Lipinski definition) is 2. The molecule has 1 atom stereocenters. The summed E-state index contributed by atoms with van der Waals surface area (Å²) in [5.41, 5.74) is 3.42. The molecule has 8 nitrogen and oxygen atoms in total. The zero-order valence-corrected chi connectivity index (χ0v) is 21.6. The van der Waals surface area contributed by atoms with E-state index in [0.717, 1.165) is 29.9 Å². The van der Waals surface area contributed by atoms with Crippen LogP contribution in [-0.4, -0.2) is 40.8 Å². The van der Waals surface area contributed by atoms with Gasteiger partial charge in [-0.2, -0.15) is 0 Å². The van der Waals surface area contributed by atoms with Crippen LogP contribution in [-0.2, 0) is 14.8 Å². The fourth-order valence-electron chi connectivity index (χ4n) is 4.22. The average molecular weight is 509 g/mol. The smallest absolute Gasteiger partial charge is 0.264 e. The van der Waals surface area contributed by atoms with Crippen molar-refractivity contribution in [3.63, 3.8) is 0 Å². The normalized spacial score (nSPS) is 14.6. The van der Waals surface area contributed by atoms with Gasteiger partial charge in [-0.3, -0.25) is 9.10 Å². The zero-order valence-electron chi connectivity index (χ0n) is 20.8. The lowest BCUT2D eigenvalue weighted by atomic mass is 10.2. The number of anilines is 3. The molecule has 0 aromatic heterocycles. The van der Waals surface area contributed by atoms with Crippen LogP contribution in [0.2, 0.25) is 0 Å². The number of hydrogen-bond acceptors (Lipinski definition) is 6. The molecule has 0 unspecified atom stereocenters. The van der Waals surface area contributed by atoms with Crippen molar-refractivity contribution in [2.24, 2.45) is 0 Å². The highest BCUT2D eigenvalue weighted by Gasteiger charge is 2.30. The highest BCUT2D eigenvalue weighted by atomic mass is 32.2. The predicted octanol–water partition coefficient (Wildman–Crippen LogP) is 4.33. The van der Waals surface area contributed by atoms with Crippen LogP contribution in [0.15, 0.2) is 77.7 Å². The second-order valence-electron chi connectivity index (χ2n) is 8.66. The van der Waals surface area contributed by atoms with Crippen LogP contribution in [0.1, 0.15) is 25.3 Å². The van der Waals surface area contributed by atoms with Gasteiger partial charge in [-0.1, -0.05) is 36.8 Å². The topological polar surface area (TPSA) is 91.0 Å². The first-order chi connectivity index (χ1) is 17.3. The molecule has 0 spiro atoms. The van der Waals surface area contributed by atoms with Crippen molar-refractivity contribution in [3.8, 4) is 5.75 Å². The lowest BCUT2D eigenvalue weighted by molar-refractivity contribution is -0.121. The van der Waals surface area contributed by atoms with Crippen molar-refractivity contribution in [2.75, 3.05) is 34.7 Å². The third kappa shape index (κ3) is 5.41. The molecular weight excluding hydrogens is 476 g/mol. The Morgan fingerprint density at radius 3 is 2.42 bits per heavy atom. The second kappa shape index (κ2) is 10.9. The average Bonchev–Trinajstić information content (AvgIpc) is 3.21. The maximum absolute atomic E-state index is 13.6. The van der Waals surface area contributed by atoms with Crippen molar-refractivity contribution in [1.29, 1.82) is 0 Å². The minimum Gasteiger partial charge on any atom is -0.497 e. The molecule has 0 bridgehead atoms. The van der Waals surface area contributed by atoms with Gasteiger partial charge >= 0.3 is 0 Å². The molecule has 0 saturated heterocycles. The van der Waals surface area contributed by atoms with Crippen LogP contribution in [0, 0.1) is 6.92 Å². The van der Waals surface area contributed by atoms with Gasteiger partial charge in [0.05, 0.1) is 29.1 Å². The first kappa shape index (κ1) is 25.4. The number of methoxy groups -OCH3 is 1. The Morgan fingerprint density at radius 2 is 1.75 bits per heavy atom. The fraction of sp³-hybridized carbons (Fsp3) is 0.296. The molecule has 3 aromatic carbocycles. The summed E-state index contributed by atoms with van der Waals surface area (Å²) in [4.78, 5) is 15.3. The van der Waals surface area contributed by atoms with Crippen LogP contribution in [0.25, 0.3) is 0 Å². The van der Waals surface area contributed by atoms with Crippen molar-refractivity contribution in [3.05, 3.63) is 78.4 Å². The Kier molecular flexibility index (Phi) is 7.69. The van der Waals surface area contributed by atoms with E-state index in [4.69, 9.17) is 4.74 Å². The van der Waals surface area contributed by atoms with Crippen molar-refractivity contribution in [2.45, 2.75) is 37.9 Å². The van der Waals surface area contributed by atoms with Gasteiger partial charge in [0.2, 0.25) is 5.91 Å². The molecule has 1 amide bonds.